The topological polar surface area (TPSA) is 75.6 Å². The first-order chi connectivity index (χ1) is 16.2. The molecule has 0 fully saturated rings. The van der Waals surface area contributed by atoms with Crippen molar-refractivity contribution in [1.82, 2.24) is 15.0 Å². The molecule has 2 aromatic carbocycles. The Labute approximate surface area is 190 Å². The van der Waals surface area contributed by atoms with Gasteiger partial charge in [0.15, 0.2) is 22.9 Å². The van der Waals surface area contributed by atoms with Gasteiger partial charge in [-0.1, -0.05) is 12.1 Å². The molecule has 0 radical (unpaired) electrons. The average Bonchev–Trinajstić information content (AvgIpc) is 2.87. The summed E-state index contributed by atoms with van der Waals surface area (Å²) in [6.45, 7) is 0. The van der Waals surface area contributed by atoms with Gasteiger partial charge in [-0.2, -0.15) is 0 Å². The molecule has 5 rings (SSSR count). The molecule has 0 saturated carbocycles. The van der Waals surface area contributed by atoms with Gasteiger partial charge in [-0.3, -0.25) is 4.98 Å². The van der Waals surface area contributed by atoms with Gasteiger partial charge < -0.3 is 18.9 Å². The predicted octanol–water partition coefficient (Wildman–Crippen LogP) is 5.66. The Balaban J connectivity index is 1.69. The highest BCUT2D eigenvalue weighted by Crippen LogP contribution is 2.40. The van der Waals surface area contributed by atoms with E-state index >= 15 is 0 Å². The van der Waals surface area contributed by atoms with Gasteiger partial charge in [-0.15, -0.1) is 0 Å². The Bertz CT molecular complexity index is 1470. The van der Waals surface area contributed by atoms with Crippen molar-refractivity contribution in [2.75, 3.05) is 21.3 Å². The molecular weight excluding hydrogens is 418 g/mol. The molecule has 0 bridgehead atoms. The van der Waals surface area contributed by atoms with Crippen molar-refractivity contribution in [2.45, 2.75) is 0 Å². The number of fused-ring (bicyclic) bond motifs is 2. The van der Waals surface area contributed by atoms with Crippen LogP contribution in [0.5, 0.6) is 28.7 Å². The average molecular weight is 439 g/mol. The largest absolute Gasteiger partial charge is 0.497 e. The highest BCUT2D eigenvalue weighted by atomic mass is 16.5. The third-order valence-electron chi connectivity index (χ3n) is 5.32. The minimum absolute atomic E-state index is 0.589. The van der Waals surface area contributed by atoms with E-state index in [-0.39, 0.29) is 0 Å². The highest BCUT2D eigenvalue weighted by Gasteiger charge is 2.16. The molecule has 33 heavy (non-hydrogen) atoms. The third-order valence-corrected chi connectivity index (χ3v) is 5.32. The number of hydrogen-bond acceptors (Lipinski definition) is 7. The van der Waals surface area contributed by atoms with Crippen molar-refractivity contribution in [3.8, 4) is 40.0 Å². The van der Waals surface area contributed by atoms with E-state index in [0.717, 1.165) is 27.6 Å². The van der Waals surface area contributed by atoms with Gasteiger partial charge in [0.1, 0.15) is 17.2 Å². The second-order valence-corrected chi connectivity index (χ2v) is 7.25. The molecule has 0 amide bonds. The Hall–Kier alpha value is -4.39. The number of rotatable bonds is 6. The SMILES string of the molecule is COc1cccc(-c2nc3ncccc3cc2Oc2ccnc3cc(OC)c(OC)cc23)c1. The molecule has 0 aliphatic carbocycles. The van der Waals surface area contributed by atoms with Crippen LogP contribution in [0.4, 0.5) is 0 Å². The van der Waals surface area contributed by atoms with Gasteiger partial charge in [-0.25, -0.2) is 9.97 Å². The van der Waals surface area contributed by atoms with E-state index in [1.165, 1.54) is 0 Å². The smallest absolute Gasteiger partial charge is 0.162 e. The Kier molecular flexibility index (Phi) is 5.36. The molecule has 0 aliphatic rings. The number of pyridine rings is 3. The summed E-state index contributed by atoms with van der Waals surface area (Å²) in [4.78, 5) is 13.7. The lowest BCUT2D eigenvalue weighted by atomic mass is 10.1. The maximum atomic E-state index is 6.46. The van der Waals surface area contributed by atoms with Gasteiger partial charge >= 0.3 is 0 Å². The number of aromatic nitrogens is 3. The fourth-order valence-electron chi connectivity index (χ4n) is 3.70. The lowest BCUT2D eigenvalue weighted by Gasteiger charge is -2.15. The van der Waals surface area contributed by atoms with E-state index in [1.807, 2.05) is 60.7 Å². The Morgan fingerprint density at radius 3 is 2.33 bits per heavy atom. The van der Waals surface area contributed by atoms with Crippen molar-refractivity contribution in [3.63, 3.8) is 0 Å². The molecule has 0 spiro atoms. The van der Waals surface area contributed by atoms with Gasteiger partial charge in [0.05, 0.1) is 26.8 Å². The van der Waals surface area contributed by atoms with Gasteiger partial charge in [-0.05, 0) is 42.5 Å². The number of methoxy groups -OCH3 is 3. The monoisotopic (exact) mass is 439 g/mol. The molecule has 5 aromatic rings. The Morgan fingerprint density at radius 2 is 1.52 bits per heavy atom. The normalized spacial score (nSPS) is 10.9. The fourth-order valence-corrected chi connectivity index (χ4v) is 3.70. The molecule has 7 heteroatoms. The zero-order valence-electron chi connectivity index (χ0n) is 18.4. The summed E-state index contributed by atoms with van der Waals surface area (Å²) in [6.07, 6.45) is 3.42. The molecule has 0 saturated heterocycles. The number of hydrogen-bond donors (Lipinski definition) is 0. The minimum Gasteiger partial charge on any atom is -0.497 e. The van der Waals surface area contributed by atoms with Crippen molar-refractivity contribution >= 4 is 21.9 Å². The molecule has 164 valence electrons. The van der Waals surface area contributed by atoms with E-state index < -0.39 is 0 Å². The van der Waals surface area contributed by atoms with Crippen LogP contribution in [0.15, 0.2) is 73.1 Å². The van der Waals surface area contributed by atoms with E-state index in [1.54, 1.807) is 33.7 Å². The van der Waals surface area contributed by atoms with Crippen LogP contribution in [0.1, 0.15) is 0 Å². The quantitative estimate of drug-likeness (QED) is 0.338. The van der Waals surface area contributed by atoms with Gasteiger partial charge in [0, 0.05) is 34.8 Å². The zero-order valence-corrected chi connectivity index (χ0v) is 18.4. The van der Waals surface area contributed by atoms with Gasteiger partial charge in [0.25, 0.3) is 0 Å². The van der Waals surface area contributed by atoms with E-state index in [0.29, 0.717) is 34.3 Å². The first-order valence-electron chi connectivity index (χ1n) is 10.3. The summed E-state index contributed by atoms with van der Waals surface area (Å²) >= 11 is 0. The highest BCUT2D eigenvalue weighted by molar-refractivity contribution is 5.89. The van der Waals surface area contributed by atoms with Crippen LogP contribution in [-0.4, -0.2) is 36.3 Å². The second-order valence-electron chi connectivity index (χ2n) is 7.25. The second kappa shape index (κ2) is 8.63. The fraction of sp³-hybridized carbons (Fsp3) is 0.115. The number of nitrogens with zero attached hydrogens (tertiary/aromatic N) is 3. The van der Waals surface area contributed by atoms with Gasteiger partial charge in [0.2, 0.25) is 0 Å². The molecule has 0 aliphatic heterocycles. The van der Waals surface area contributed by atoms with Crippen molar-refractivity contribution in [2.24, 2.45) is 0 Å². The molecule has 0 N–H and O–H groups in total. The van der Waals surface area contributed by atoms with Crippen LogP contribution in [-0.2, 0) is 0 Å². The van der Waals surface area contributed by atoms with Crippen LogP contribution in [0.3, 0.4) is 0 Å². The molecule has 3 aromatic heterocycles. The maximum Gasteiger partial charge on any atom is 0.162 e. The molecule has 0 unspecified atom stereocenters. The Morgan fingerprint density at radius 1 is 0.667 bits per heavy atom. The minimum atomic E-state index is 0.589. The maximum absolute atomic E-state index is 6.46. The van der Waals surface area contributed by atoms with Crippen LogP contribution in [0.2, 0.25) is 0 Å². The summed E-state index contributed by atoms with van der Waals surface area (Å²) in [6, 6.07) is 19.0. The molecule has 7 nitrogen and oxygen atoms in total. The summed E-state index contributed by atoms with van der Waals surface area (Å²) in [5, 5.41) is 1.66. The van der Waals surface area contributed by atoms with Crippen molar-refractivity contribution in [1.29, 1.82) is 0 Å². The van der Waals surface area contributed by atoms with Crippen molar-refractivity contribution < 1.29 is 18.9 Å². The van der Waals surface area contributed by atoms with Crippen LogP contribution < -0.4 is 18.9 Å². The number of ether oxygens (including phenoxy) is 4. The summed E-state index contributed by atoms with van der Waals surface area (Å²) in [5.74, 6) is 3.13. The lowest BCUT2D eigenvalue weighted by molar-refractivity contribution is 0.355. The molecule has 0 atom stereocenters. The standard InChI is InChI=1S/C26H21N3O4/c1-30-18-8-4-6-16(12-18)25-24(13-17-7-5-10-28-26(17)29-25)33-21-9-11-27-20-15-23(32-3)22(31-2)14-19(20)21/h4-15H,1-3H3. The van der Waals surface area contributed by atoms with E-state index in [2.05, 4.69) is 9.97 Å². The molecular formula is C26H21N3O4. The van der Waals surface area contributed by atoms with Crippen LogP contribution in [0, 0.1) is 0 Å². The summed E-state index contributed by atoms with van der Waals surface area (Å²) < 4.78 is 22.8. The van der Waals surface area contributed by atoms with E-state index in [4.69, 9.17) is 23.9 Å². The molecule has 3 heterocycles. The summed E-state index contributed by atoms with van der Waals surface area (Å²) in [5.41, 5.74) is 2.87. The summed E-state index contributed by atoms with van der Waals surface area (Å²) in [7, 11) is 4.83. The zero-order chi connectivity index (χ0) is 22.8. The van der Waals surface area contributed by atoms with E-state index in [9.17, 15) is 0 Å². The number of benzene rings is 2. The van der Waals surface area contributed by atoms with Crippen molar-refractivity contribution in [3.05, 3.63) is 73.1 Å². The third kappa shape index (κ3) is 3.85. The predicted molar refractivity (Wildman–Crippen MR) is 126 cm³/mol. The lowest BCUT2D eigenvalue weighted by Crippen LogP contribution is -1.96. The first-order valence-corrected chi connectivity index (χ1v) is 10.3. The first kappa shape index (κ1) is 20.5. The van der Waals surface area contributed by atoms with Crippen LogP contribution in [0.25, 0.3) is 33.2 Å². The van der Waals surface area contributed by atoms with Crippen LogP contribution >= 0.6 is 0 Å².